The van der Waals surface area contributed by atoms with Crippen LogP contribution in [0.3, 0.4) is 0 Å². The summed E-state index contributed by atoms with van der Waals surface area (Å²) in [6.45, 7) is 5.48. The van der Waals surface area contributed by atoms with Gasteiger partial charge in [0.1, 0.15) is 0 Å². The van der Waals surface area contributed by atoms with Crippen molar-refractivity contribution in [2.45, 2.75) is 25.8 Å². The Balaban J connectivity index is 2.37. The van der Waals surface area contributed by atoms with E-state index in [2.05, 4.69) is 42.7 Å². The van der Waals surface area contributed by atoms with Gasteiger partial charge in [0.05, 0.1) is 6.04 Å². The first kappa shape index (κ1) is 9.53. The third-order valence-electron chi connectivity index (χ3n) is 2.96. The minimum absolute atomic E-state index is 0.476. The Morgan fingerprint density at radius 1 is 1.43 bits per heavy atom. The lowest BCUT2D eigenvalue weighted by atomic mass is 9.98. The number of fused-ring (bicyclic) bond motifs is 1. The van der Waals surface area contributed by atoms with Gasteiger partial charge in [-0.1, -0.05) is 26.0 Å². The van der Waals surface area contributed by atoms with Gasteiger partial charge in [-0.2, -0.15) is 0 Å². The summed E-state index contributed by atoms with van der Waals surface area (Å²) >= 11 is 0. The van der Waals surface area contributed by atoms with Crippen molar-refractivity contribution in [1.29, 1.82) is 0 Å². The molecule has 1 atom stereocenters. The van der Waals surface area contributed by atoms with Gasteiger partial charge in [0.15, 0.2) is 0 Å². The molecule has 2 rings (SSSR count). The first-order chi connectivity index (χ1) is 6.72. The maximum Gasteiger partial charge on any atom is 0.0513 e. The molecule has 1 aromatic carbocycles. The maximum absolute atomic E-state index is 3.40. The molecule has 0 amide bonds. The van der Waals surface area contributed by atoms with Crippen molar-refractivity contribution in [3.8, 4) is 0 Å². The van der Waals surface area contributed by atoms with Gasteiger partial charge in [0.2, 0.25) is 0 Å². The smallest absolute Gasteiger partial charge is 0.0513 e. The fraction of sp³-hybridized carbons (Fsp3) is 0.500. The van der Waals surface area contributed by atoms with Gasteiger partial charge in [0, 0.05) is 12.2 Å². The van der Waals surface area contributed by atoms with E-state index in [0.29, 0.717) is 12.0 Å². The lowest BCUT2D eigenvalue weighted by molar-refractivity contribution is 0.647. The topological polar surface area (TPSA) is 24.1 Å². The van der Waals surface area contributed by atoms with Crippen molar-refractivity contribution in [3.05, 3.63) is 29.3 Å². The predicted molar refractivity (Wildman–Crippen MR) is 60.8 cm³/mol. The minimum atomic E-state index is 0.476. The number of nitrogens with one attached hydrogen (secondary N) is 2. The van der Waals surface area contributed by atoms with Crippen LogP contribution in [0.15, 0.2) is 18.2 Å². The molecule has 0 fully saturated rings. The predicted octanol–water partition coefficient (Wildman–Crippen LogP) is 2.50. The molecule has 1 aliphatic rings. The summed E-state index contributed by atoms with van der Waals surface area (Å²) in [4.78, 5) is 0. The number of anilines is 1. The van der Waals surface area contributed by atoms with Gasteiger partial charge in [-0.3, -0.25) is 0 Å². The van der Waals surface area contributed by atoms with Crippen molar-refractivity contribution in [2.75, 3.05) is 18.9 Å². The number of likely N-dealkylation sites (N-methyl/N-ethyl adjacent to an activating group) is 1. The van der Waals surface area contributed by atoms with Crippen LogP contribution in [0.25, 0.3) is 0 Å². The summed E-state index contributed by atoms with van der Waals surface area (Å²) in [6, 6.07) is 7.21. The Morgan fingerprint density at radius 2 is 2.21 bits per heavy atom. The molecule has 0 saturated carbocycles. The van der Waals surface area contributed by atoms with E-state index in [9.17, 15) is 0 Å². The average Bonchev–Trinajstić information content (AvgIpc) is 2.59. The van der Waals surface area contributed by atoms with Crippen LogP contribution in [0.5, 0.6) is 0 Å². The lowest BCUT2D eigenvalue weighted by Gasteiger charge is -2.11. The van der Waals surface area contributed by atoms with Crippen LogP contribution in [0.4, 0.5) is 5.69 Å². The Bertz CT molecular complexity index is 331. The molecule has 0 aliphatic carbocycles. The summed E-state index contributed by atoms with van der Waals surface area (Å²) in [7, 11) is 2.02. The zero-order valence-corrected chi connectivity index (χ0v) is 9.09. The number of rotatable bonds is 2. The van der Waals surface area contributed by atoms with Gasteiger partial charge in [-0.25, -0.2) is 0 Å². The molecule has 1 aliphatic heterocycles. The molecule has 1 aromatic rings. The summed E-state index contributed by atoms with van der Waals surface area (Å²) in [5.41, 5.74) is 4.13. The quantitative estimate of drug-likeness (QED) is 0.748. The molecule has 0 radical (unpaired) electrons. The van der Waals surface area contributed by atoms with E-state index in [1.807, 2.05) is 7.05 Å². The summed E-state index contributed by atoms with van der Waals surface area (Å²) in [5, 5.41) is 6.73. The highest BCUT2D eigenvalue weighted by Crippen LogP contribution is 2.31. The van der Waals surface area contributed by atoms with Gasteiger partial charge >= 0.3 is 0 Å². The van der Waals surface area contributed by atoms with Crippen LogP contribution < -0.4 is 10.6 Å². The molecule has 0 aromatic heterocycles. The van der Waals surface area contributed by atoms with E-state index in [1.165, 1.54) is 16.8 Å². The zero-order chi connectivity index (χ0) is 10.1. The lowest BCUT2D eigenvalue weighted by Crippen LogP contribution is -2.17. The van der Waals surface area contributed by atoms with Crippen LogP contribution >= 0.6 is 0 Å². The first-order valence-electron chi connectivity index (χ1n) is 5.27. The minimum Gasteiger partial charge on any atom is -0.383 e. The molecule has 1 heterocycles. The Morgan fingerprint density at radius 3 is 2.86 bits per heavy atom. The molecule has 2 N–H and O–H groups in total. The SMILES string of the molecule is CNC1CNc2ccc(C(C)C)cc21. The number of hydrogen-bond donors (Lipinski definition) is 2. The van der Waals surface area contributed by atoms with Crippen LogP contribution in [-0.2, 0) is 0 Å². The van der Waals surface area contributed by atoms with Gasteiger partial charge in [-0.05, 0) is 30.2 Å². The van der Waals surface area contributed by atoms with Gasteiger partial charge in [0.25, 0.3) is 0 Å². The summed E-state index contributed by atoms with van der Waals surface area (Å²) in [5.74, 6) is 0.610. The highest BCUT2D eigenvalue weighted by molar-refractivity contribution is 5.58. The fourth-order valence-corrected chi connectivity index (χ4v) is 1.97. The largest absolute Gasteiger partial charge is 0.383 e. The van der Waals surface area contributed by atoms with E-state index < -0.39 is 0 Å². The molecule has 14 heavy (non-hydrogen) atoms. The molecule has 2 heteroatoms. The number of hydrogen-bond acceptors (Lipinski definition) is 2. The second-order valence-electron chi connectivity index (χ2n) is 4.22. The van der Waals surface area contributed by atoms with E-state index in [-0.39, 0.29) is 0 Å². The Kier molecular flexibility index (Phi) is 2.46. The second-order valence-corrected chi connectivity index (χ2v) is 4.22. The molecule has 2 nitrogen and oxygen atoms in total. The molecule has 76 valence electrons. The van der Waals surface area contributed by atoms with E-state index in [0.717, 1.165) is 6.54 Å². The highest BCUT2D eigenvalue weighted by Gasteiger charge is 2.20. The zero-order valence-electron chi connectivity index (χ0n) is 9.09. The third-order valence-corrected chi connectivity index (χ3v) is 2.96. The average molecular weight is 190 g/mol. The van der Waals surface area contributed by atoms with Crippen molar-refractivity contribution in [2.24, 2.45) is 0 Å². The van der Waals surface area contributed by atoms with E-state index in [1.54, 1.807) is 0 Å². The monoisotopic (exact) mass is 190 g/mol. The van der Waals surface area contributed by atoms with Crippen LogP contribution in [0.2, 0.25) is 0 Å². The standard InChI is InChI=1S/C12H18N2/c1-8(2)9-4-5-11-10(6-9)12(13-3)7-14-11/h4-6,8,12-14H,7H2,1-3H3. The normalized spacial score (nSPS) is 19.6. The van der Waals surface area contributed by atoms with Crippen molar-refractivity contribution in [3.63, 3.8) is 0 Å². The van der Waals surface area contributed by atoms with Gasteiger partial charge < -0.3 is 10.6 Å². The van der Waals surface area contributed by atoms with Crippen molar-refractivity contribution >= 4 is 5.69 Å². The third kappa shape index (κ3) is 1.50. The van der Waals surface area contributed by atoms with Crippen molar-refractivity contribution in [1.82, 2.24) is 5.32 Å². The first-order valence-corrected chi connectivity index (χ1v) is 5.27. The number of benzene rings is 1. The highest BCUT2D eigenvalue weighted by atomic mass is 15.0. The molecule has 0 bridgehead atoms. The molecular weight excluding hydrogens is 172 g/mol. The van der Waals surface area contributed by atoms with Crippen LogP contribution in [0, 0.1) is 0 Å². The molecular formula is C12H18N2. The summed E-state index contributed by atoms with van der Waals surface area (Å²) < 4.78 is 0. The second kappa shape index (κ2) is 3.62. The summed E-state index contributed by atoms with van der Waals surface area (Å²) in [6.07, 6.45) is 0. The molecule has 1 unspecified atom stereocenters. The fourth-order valence-electron chi connectivity index (χ4n) is 1.97. The van der Waals surface area contributed by atoms with E-state index in [4.69, 9.17) is 0 Å². The van der Waals surface area contributed by atoms with Crippen LogP contribution in [0.1, 0.15) is 36.9 Å². The van der Waals surface area contributed by atoms with Crippen LogP contribution in [-0.4, -0.2) is 13.6 Å². The molecule has 0 saturated heterocycles. The molecule has 0 spiro atoms. The van der Waals surface area contributed by atoms with E-state index >= 15 is 0 Å². The van der Waals surface area contributed by atoms with Crippen molar-refractivity contribution < 1.29 is 0 Å². The van der Waals surface area contributed by atoms with Gasteiger partial charge in [-0.15, -0.1) is 0 Å². The Hall–Kier alpha value is -1.02. The maximum atomic E-state index is 3.40. The Labute approximate surface area is 85.7 Å².